The number of carbonyl (C=O) groups excluding carboxylic acids is 1. The van der Waals surface area contributed by atoms with Crippen LogP contribution in [-0.4, -0.2) is 21.7 Å². The van der Waals surface area contributed by atoms with Crippen molar-refractivity contribution in [2.45, 2.75) is 26.3 Å². The number of hydrogen-bond acceptors (Lipinski definition) is 3. The lowest BCUT2D eigenvalue weighted by Gasteiger charge is -2.23. The van der Waals surface area contributed by atoms with Gasteiger partial charge in [0.15, 0.2) is 5.11 Å². The highest BCUT2D eigenvalue weighted by Crippen LogP contribution is 2.31. The molecule has 0 spiro atoms. The Hall–Kier alpha value is -0.860. The van der Waals surface area contributed by atoms with E-state index in [9.17, 15) is 9.90 Å². The van der Waals surface area contributed by atoms with Crippen molar-refractivity contribution in [2.75, 3.05) is 0 Å². The van der Waals surface area contributed by atoms with E-state index in [1.807, 2.05) is 20.8 Å². The van der Waals surface area contributed by atoms with Crippen molar-refractivity contribution in [2.24, 2.45) is 0 Å². The van der Waals surface area contributed by atoms with Gasteiger partial charge in [0.1, 0.15) is 5.75 Å². The van der Waals surface area contributed by atoms with Gasteiger partial charge in [-0.3, -0.25) is 15.6 Å². The number of benzene rings is 1. The standard InChI is InChI=1S/C12H15Br2N3O2S/c1-12(2,3)15-11(20)17-16-10(19)7-4-6(13)5-8(14)9(7)18/h4-5,18H,1-3H3,(H,16,19)(H2,15,17,20). The van der Waals surface area contributed by atoms with Gasteiger partial charge in [0.25, 0.3) is 5.91 Å². The first-order valence-electron chi connectivity index (χ1n) is 5.66. The van der Waals surface area contributed by atoms with Gasteiger partial charge < -0.3 is 10.4 Å². The number of hydrogen-bond donors (Lipinski definition) is 4. The van der Waals surface area contributed by atoms with Crippen LogP contribution in [0, 0.1) is 0 Å². The number of halogens is 2. The van der Waals surface area contributed by atoms with E-state index >= 15 is 0 Å². The third-order valence-electron chi connectivity index (χ3n) is 2.05. The molecule has 0 aliphatic carbocycles. The predicted molar refractivity (Wildman–Crippen MR) is 89.6 cm³/mol. The molecule has 8 heteroatoms. The first kappa shape index (κ1) is 17.2. The quantitative estimate of drug-likeness (QED) is 0.412. The molecule has 0 aromatic heterocycles. The summed E-state index contributed by atoms with van der Waals surface area (Å²) in [5.74, 6) is -0.634. The smallest absolute Gasteiger partial charge is 0.273 e. The summed E-state index contributed by atoms with van der Waals surface area (Å²) in [4.78, 5) is 12.0. The first-order valence-corrected chi connectivity index (χ1v) is 7.66. The first-order chi connectivity index (χ1) is 9.10. The van der Waals surface area contributed by atoms with Gasteiger partial charge in [0.2, 0.25) is 0 Å². The number of carbonyl (C=O) groups is 1. The fraction of sp³-hybridized carbons (Fsp3) is 0.333. The minimum absolute atomic E-state index is 0.123. The van der Waals surface area contributed by atoms with Crippen LogP contribution in [0.15, 0.2) is 21.1 Å². The highest BCUT2D eigenvalue weighted by atomic mass is 79.9. The summed E-state index contributed by atoms with van der Waals surface area (Å²) in [7, 11) is 0. The molecule has 0 aliphatic heterocycles. The molecule has 5 nitrogen and oxygen atoms in total. The van der Waals surface area contributed by atoms with E-state index in [0.29, 0.717) is 14.1 Å². The Labute approximate surface area is 139 Å². The van der Waals surface area contributed by atoms with Gasteiger partial charge in [0.05, 0.1) is 10.0 Å². The van der Waals surface area contributed by atoms with Crippen LogP contribution in [0.3, 0.4) is 0 Å². The Morgan fingerprint density at radius 3 is 2.40 bits per heavy atom. The van der Waals surface area contributed by atoms with Crippen molar-refractivity contribution in [1.29, 1.82) is 0 Å². The van der Waals surface area contributed by atoms with Crippen LogP contribution in [-0.2, 0) is 0 Å². The number of thiocarbonyl (C=S) groups is 1. The second kappa shape index (κ2) is 6.73. The molecule has 0 saturated carbocycles. The molecule has 0 fully saturated rings. The lowest BCUT2D eigenvalue weighted by molar-refractivity contribution is 0.0940. The lowest BCUT2D eigenvalue weighted by Crippen LogP contribution is -2.52. The molecule has 20 heavy (non-hydrogen) atoms. The van der Waals surface area contributed by atoms with Gasteiger partial charge in [-0.1, -0.05) is 15.9 Å². The molecular weight excluding hydrogens is 410 g/mol. The fourth-order valence-corrected chi connectivity index (χ4v) is 2.87. The summed E-state index contributed by atoms with van der Waals surface area (Å²) in [5, 5.41) is 13.1. The Morgan fingerprint density at radius 2 is 1.85 bits per heavy atom. The summed E-state index contributed by atoms with van der Waals surface area (Å²) in [6.45, 7) is 5.83. The normalized spacial score (nSPS) is 10.8. The van der Waals surface area contributed by atoms with Crippen molar-refractivity contribution in [3.63, 3.8) is 0 Å². The topological polar surface area (TPSA) is 73.4 Å². The molecule has 110 valence electrons. The van der Waals surface area contributed by atoms with Gasteiger partial charge in [-0.25, -0.2) is 0 Å². The average molecular weight is 425 g/mol. The van der Waals surface area contributed by atoms with E-state index in [2.05, 4.69) is 48.0 Å². The number of aromatic hydroxyl groups is 1. The zero-order valence-corrected chi connectivity index (χ0v) is 15.2. The van der Waals surface area contributed by atoms with Crippen molar-refractivity contribution in [3.8, 4) is 5.75 Å². The van der Waals surface area contributed by atoms with E-state index in [-0.39, 0.29) is 16.9 Å². The van der Waals surface area contributed by atoms with Crippen molar-refractivity contribution in [1.82, 2.24) is 16.2 Å². The number of amides is 1. The second-order valence-corrected chi connectivity index (χ2v) is 7.25. The molecule has 0 radical (unpaired) electrons. The molecule has 0 aliphatic rings. The summed E-state index contributed by atoms with van der Waals surface area (Å²) < 4.78 is 1.09. The minimum Gasteiger partial charge on any atom is -0.506 e. The number of hydrazine groups is 1. The molecule has 1 rings (SSSR count). The van der Waals surface area contributed by atoms with Gasteiger partial charge in [-0.2, -0.15) is 0 Å². The zero-order chi connectivity index (χ0) is 15.5. The molecule has 0 saturated heterocycles. The molecule has 0 unspecified atom stereocenters. The van der Waals surface area contributed by atoms with E-state index in [4.69, 9.17) is 12.2 Å². The highest BCUT2D eigenvalue weighted by molar-refractivity contribution is 9.11. The summed E-state index contributed by atoms with van der Waals surface area (Å²) >= 11 is 11.5. The van der Waals surface area contributed by atoms with Gasteiger partial charge in [0, 0.05) is 10.0 Å². The number of phenols is 1. The predicted octanol–water partition coefficient (Wildman–Crippen LogP) is 2.82. The number of phenolic OH excluding ortho intramolecular Hbond substituents is 1. The zero-order valence-electron chi connectivity index (χ0n) is 11.2. The molecule has 4 N–H and O–H groups in total. The van der Waals surface area contributed by atoms with Crippen molar-refractivity contribution >= 4 is 55.1 Å². The average Bonchev–Trinajstić information content (AvgIpc) is 2.28. The maximum absolute atomic E-state index is 12.0. The second-order valence-electron chi connectivity index (χ2n) is 5.07. The summed E-state index contributed by atoms with van der Waals surface area (Å²) in [5.41, 5.74) is 4.91. The largest absolute Gasteiger partial charge is 0.506 e. The molecule has 0 atom stereocenters. The lowest BCUT2D eigenvalue weighted by atomic mass is 10.1. The molecular formula is C12H15Br2N3O2S. The van der Waals surface area contributed by atoms with E-state index in [1.165, 1.54) is 6.07 Å². The van der Waals surface area contributed by atoms with Crippen LogP contribution in [0.2, 0.25) is 0 Å². The minimum atomic E-state index is -0.498. The van der Waals surface area contributed by atoms with Crippen LogP contribution in [0.25, 0.3) is 0 Å². The van der Waals surface area contributed by atoms with Crippen LogP contribution in [0.1, 0.15) is 31.1 Å². The Bertz CT molecular complexity index is 544. The van der Waals surface area contributed by atoms with Crippen LogP contribution >= 0.6 is 44.1 Å². The Balaban J connectivity index is 2.71. The monoisotopic (exact) mass is 423 g/mol. The van der Waals surface area contributed by atoms with Crippen LogP contribution < -0.4 is 16.2 Å². The van der Waals surface area contributed by atoms with E-state index < -0.39 is 5.91 Å². The van der Waals surface area contributed by atoms with E-state index in [0.717, 1.165) is 0 Å². The number of nitrogens with one attached hydrogen (secondary N) is 3. The van der Waals surface area contributed by atoms with Gasteiger partial charge >= 0.3 is 0 Å². The van der Waals surface area contributed by atoms with Crippen LogP contribution in [0.4, 0.5) is 0 Å². The van der Waals surface area contributed by atoms with Crippen molar-refractivity contribution in [3.05, 3.63) is 26.6 Å². The number of rotatable bonds is 1. The third-order valence-corrected chi connectivity index (χ3v) is 3.32. The summed E-state index contributed by atoms with van der Waals surface area (Å²) in [6, 6.07) is 3.16. The maximum atomic E-state index is 12.0. The summed E-state index contributed by atoms with van der Waals surface area (Å²) in [6.07, 6.45) is 0. The molecule has 1 aromatic rings. The van der Waals surface area contributed by atoms with E-state index in [1.54, 1.807) is 6.07 Å². The molecule has 0 heterocycles. The van der Waals surface area contributed by atoms with Gasteiger partial charge in [-0.05, 0) is 61.1 Å². The Morgan fingerprint density at radius 1 is 1.25 bits per heavy atom. The fourth-order valence-electron chi connectivity index (χ4n) is 1.29. The van der Waals surface area contributed by atoms with Gasteiger partial charge in [-0.15, -0.1) is 0 Å². The molecule has 1 amide bonds. The molecule has 0 bridgehead atoms. The highest BCUT2D eigenvalue weighted by Gasteiger charge is 2.16. The Kier molecular flexibility index (Phi) is 5.79. The third kappa shape index (κ3) is 5.26. The SMILES string of the molecule is CC(C)(C)NC(=S)NNC(=O)c1cc(Br)cc(Br)c1O. The van der Waals surface area contributed by atoms with Crippen molar-refractivity contribution < 1.29 is 9.90 Å². The van der Waals surface area contributed by atoms with Crippen LogP contribution in [0.5, 0.6) is 5.75 Å². The molecule has 1 aromatic carbocycles. The maximum Gasteiger partial charge on any atom is 0.273 e.